The maximum Gasteiger partial charge on any atom is 0.157 e. The predicted octanol–water partition coefficient (Wildman–Crippen LogP) is 3.76. The molecular weight excluding hydrogens is 260 g/mol. The Bertz CT molecular complexity index is 376. The normalized spacial score (nSPS) is 23.4. The lowest BCUT2D eigenvalue weighted by molar-refractivity contribution is 0.571. The van der Waals surface area contributed by atoms with E-state index >= 15 is 0 Å². The molecule has 1 saturated heterocycles. The van der Waals surface area contributed by atoms with Crippen LogP contribution in [0.5, 0.6) is 0 Å². The van der Waals surface area contributed by atoms with Gasteiger partial charge in [-0.25, -0.2) is 0 Å². The smallest absolute Gasteiger partial charge is 0.157 e. The van der Waals surface area contributed by atoms with Crippen LogP contribution in [0.2, 0.25) is 4.34 Å². The summed E-state index contributed by atoms with van der Waals surface area (Å²) in [6.45, 7) is 2.95. The third-order valence-electron chi connectivity index (χ3n) is 2.53. The summed E-state index contributed by atoms with van der Waals surface area (Å²) >= 11 is 9.30. The Morgan fingerprint density at radius 1 is 1.56 bits per heavy atom. The number of aliphatic imine (C=N–C) groups is 1. The van der Waals surface area contributed by atoms with E-state index in [0.29, 0.717) is 6.04 Å². The van der Waals surface area contributed by atoms with Gasteiger partial charge in [0.05, 0.1) is 10.9 Å². The fourth-order valence-corrected chi connectivity index (χ4v) is 3.58. The van der Waals surface area contributed by atoms with Gasteiger partial charge in [-0.3, -0.25) is 4.99 Å². The first-order valence-corrected chi connectivity index (χ1v) is 7.64. The molecule has 0 amide bonds. The van der Waals surface area contributed by atoms with E-state index < -0.39 is 0 Å². The Balaban J connectivity index is 1.91. The van der Waals surface area contributed by atoms with Gasteiger partial charge in [0, 0.05) is 16.7 Å². The van der Waals surface area contributed by atoms with Crippen molar-refractivity contribution in [1.82, 2.24) is 5.32 Å². The van der Waals surface area contributed by atoms with Gasteiger partial charge in [0.2, 0.25) is 0 Å². The number of thioether (sulfide) groups is 1. The molecule has 0 radical (unpaired) electrons. The highest BCUT2D eigenvalue weighted by Crippen LogP contribution is 2.23. The SMILES string of the molecule is CCC1CCSC(=NCc2ccc(Cl)s2)N1. The Morgan fingerprint density at radius 2 is 2.44 bits per heavy atom. The first kappa shape index (κ1) is 12.3. The van der Waals surface area contributed by atoms with Crippen molar-refractivity contribution in [3.05, 3.63) is 21.3 Å². The largest absolute Gasteiger partial charge is 0.362 e. The van der Waals surface area contributed by atoms with Gasteiger partial charge in [0.25, 0.3) is 0 Å². The van der Waals surface area contributed by atoms with Crippen LogP contribution in [0.15, 0.2) is 17.1 Å². The maximum absolute atomic E-state index is 5.88. The van der Waals surface area contributed by atoms with E-state index in [1.165, 1.54) is 23.5 Å². The number of amidine groups is 1. The fourth-order valence-electron chi connectivity index (χ4n) is 1.57. The molecule has 0 spiro atoms. The molecule has 0 aliphatic carbocycles. The zero-order valence-electron chi connectivity index (χ0n) is 9.20. The monoisotopic (exact) mass is 274 g/mol. The highest BCUT2D eigenvalue weighted by Gasteiger charge is 2.15. The minimum absolute atomic E-state index is 0.604. The van der Waals surface area contributed by atoms with Crippen LogP contribution < -0.4 is 5.32 Å². The lowest BCUT2D eigenvalue weighted by Crippen LogP contribution is -2.37. The molecule has 1 atom stereocenters. The van der Waals surface area contributed by atoms with Crippen molar-refractivity contribution < 1.29 is 0 Å². The Morgan fingerprint density at radius 3 is 3.12 bits per heavy atom. The number of nitrogens with zero attached hydrogens (tertiary/aromatic N) is 1. The maximum atomic E-state index is 5.88. The van der Waals surface area contributed by atoms with Crippen LogP contribution in [0.4, 0.5) is 0 Å². The molecule has 2 heterocycles. The number of nitrogens with one attached hydrogen (secondary N) is 1. The minimum atomic E-state index is 0.604. The second-order valence-corrected chi connectivity index (χ2v) is 6.60. The van der Waals surface area contributed by atoms with Crippen LogP contribution in [0.25, 0.3) is 0 Å². The molecule has 0 aromatic carbocycles. The number of halogens is 1. The van der Waals surface area contributed by atoms with Gasteiger partial charge in [0.1, 0.15) is 0 Å². The lowest BCUT2D eigenvalue weighted by Gasteiger charge is -2.24. The van der Waals surface area contributed by atoms with Crippen molar-refractivity contribution in [2.75, 3.05) is 5.75 Å². The fraction of sp³-hybridized carbons (Fsp3) is 0.545. The molecular formula is C11H15ClN2S2. The molecule has 0 saturated carbocycles. The van der Waals surface area contributed by atoms with Crippen molar-refractivity contribution in [2.24, 2.45) is 4.99 Å². The van der Waals surface area contributed by atoms with Crippen LogP contribution in [0, 0.1) is 0 Å². The summed E-state index contributed by atoms with van der Waals surface area (Å²) in [5.74, 6) is 1.18. The summed E-state index contributed by atoms with van der Waals surface area (Å²) in [7, 11) is 0. The zero-order valence-corrected chi connectivity index (χ0v) is 11.6. The predicted molar refractivity (Wildman–Crippen MR) is 74.8 cm³/mol. The second-order valence-electron chi connectivity index (χ2n) is 3.71. The van der Waals surface area contributed by atoms with Crippen molar-refractivity contribution in [3.63, 3.8) is 0 Å². The van der Waals surface area contributed by atoms with E-state index in [0.717, 1.165) is 16.0 Å². The van der Waals surface area contributed by atoms with Gasteiger partial charge in [0.15, 0.2) is 5.17 Å². The molecule has 1 aliphatic rings. The van der Waals surface area contributed by atoms with Gasteiger partial charge in [-0.15, -0.1) is 11.3 Å². The number of hydrogen-bond acceptors (Lipinski definition) is 3. The molecule has 2 nitrogen and oxygen atoms in total. The summed E-state index contributed by atoms with van der Waals surface area (Å²) in [6, 6.07) is 4.58. The molecule has 0 bridgehead atoms. The first-order valence-electron chi connectivity index (χ1n) is 5.46. The van der Waals surface area contributed by atoms with Crippen LogP contribution >= 0.6 is 34.7 Å². The van der Waals surface area contributed by atoms with Gasteiger partial charge in [-0.2, -0.15) is 0 Å². The average Bonchev–Trinajstić information content (AvgIpc) is 2.73. The highest BCUT2D eigenvalue weighted by atomic mass is 35.5. The number of hydrogen-bond donors (Lipinski definition) is 1. The molecule has 1 unspecified atom stereocenters. The standard InChI is InChI=1S/C11H15ClN2S2/c1-2-8-5-6-15-11(14-8)13-7-9-3-4-10(12)16-9/h3-4,8H,2,5-7H2,1H3,(H,13,14). The quantitative estimate of drug-likeness (QED) is 0.908. The summed E-state index contributed by atoms with van der Waals surface area (Å²) in [5.41, 5.74) is 0. The third-order valence-corrected chi connectivity index (χ3v) is 4.71. The summed E-state index contributed by atoms with van der Waals surface area (Å²) in [5, 5.41) is 4.55. The van der Waals surface area contributed by atoms with E-state index in [2.05, 4.69) is 17.2 Å². The number of rotatable bonds is 3. The van der Waals surface area contributed by atoms with Gasteiger partial charge in [-0.1, -0.05) is 30.3 Å². The van der Waals surface area contributed by atoms with E-state index in [4.69, 9.17) is 11.6 Å². The average molecular weight is 275 g/mol. The van der Waals surface area contributed by atoms with Crippen LogP contribution in [-0.2, 0) is 6.54 Å². The van der Waals surface area contributed by atoms with Gasteiger partial charge >= 0.3 is 0 Å². The van der Waals surface area contributed by atoms with Crippen LogP contribution in [-0.4, -0.2) is 17.0 Å². The highest BCUT2D eigenvalue weighted by molar-refractivity contribution is 8.13. The molecule has 1 aromatic rings. The molecule has 16 heavy (non-hydrogen) atoms. The van der Waals surface area contributed by atoms with Crippen LogP contribution in [0.1, 0.15) is 24.6 Å². The van der Waals surface area contributed by atoms with E-state index in [1.54, 1.807) is 11.3 Å². The van der Waals surface area contributed by atoms with Gasteiger partial charge < -0.3 is 5.32 Å². The molecule has 1 N–H and O–H groups in total. The molecule has 1 aromatic heterocycles. The van der Waals surface area contributed by atoms with Gasteiger partial charge in [-0.05, 0) is 25.0 Å². The van der Waals surface area contributed by atoms with Crippen molar-refractivity contribution >= 4 is 39.9 Å². The van der Waals surface area contributed by atoms with E-state index in [9.17, 15) is 0 Å². The first-order chi connectivity index (χ1) is 7.78. The molecule has 1 fully saturated rings. The molecule has 1 aliphatic heterocycles. The van der Waals surface area contributed by atoms with Crippen molar-refractivity contribution in [1.29, 1.82) is 0 Å². The Labute approximate surface area is 109 Å². The van der Waals surface area contributed by atoms with E-state index in [1.807, 2.05) is 23.9 Å². The second kappa shape index (κ2) is 5.94. The summed E-state index contributed by atoms with van der Waals surface area (Å²) < 4.78 is 0.839. The molecule has 5 heteroatoms. The zero-order chi connectivity index (χ0) is 11.4. The minimum Gasteiger partial charge on any atom is -0.362 e. The Kier molecular flexibility index (Phi) is 4.55. The molecule has 88 valence electrons. The lowest BCUT2D eigenvalue weighted by atomic mass is 10.2. The van der Waals surface area contributed by atoms with Crippen molar-refractivity contribution in [3.8, 4) is 0 Å². The van der Waals surface area contributed by atoms with Crippen LogP contribution in [0.3, 0.4) is 0 Å². The topological polar surface area (TPSA) is 24.4 Å². The summed E-state index contributed by atoms with van der Waals surface area (Å²) in [4.78, 5) is 5.81. The summed E-state index contributed by atoms with van der Waals surface area (Å²) in [6.07, 6.45) is 2.41. The van der Waals surface area contributed by atoms with E-state index in [-0.39, 0.29) is 0 Å². The van der Waals surface area contributed by atoms with Crippen molar-refractivity contribution in [2.45, 2.75) is 32.4 Å². The third kappa shape index (κ3) is 3.40. The molecule has 2 rings (SSSR count). The number of thiophene rings is 1. The Hall–Kier alpha value is -0.190.